The quantitative estimate of drug-likeness (QED) is 0.769. The first-order chi connectivity index (χ1) is 12.7. The van der Waals surface area contributed by atoms with Gasteiger partial charge in [0.05, 0.1) is 12.0 Å². The first-order valence-corrected chi connectivity index (χ1v) is 10.7. The molecule has 1 heterocycles. The van der Waals surface area contributed by atoms with Gasteiger partial charge in [0, 0.05) is 11.4 Å². The molecule has 142 valence electrons. The van der Waals surface area contributed by atoms with E-state index in [0.717, 1.165) is 24.9 Å². The molecule has 1 aromatic rings. The molecule has 2 atom stereocenters. The van der Waals surface area contributed by atoms with Crippen molar-refractivity contribution in [3.05, 3.63) is 30.3 Å². The summed E-state index contributed by atoms with van der Waals surface area (Å²) in [5.41, 5.74) is 0.748. The Morgan fingerprint density at radius 3 is 2.62 bits per heavy atom. The van der Waals surface area contributed by atoms with Crippen molar-refractivity contribution < 1.29 is 14.3 Å². The lowest BCUT2D eigenvalue weighted by molar-refractivity contribution is -0.148. The Morgan fingerprint density at radius 1 is 1.19 bits per heavy atom. The van der Waals surface area contributed by atoms with Crippen LogP contribution in [-0.2, 0) is 9.53 Å². The van der Waals surface area contributed by atoms with Crippen molar-refractivity contribution in [2.75, 3.05) is 17.7 Å². The molecule has 1 aliphatic heterocycles. The Kier molecular flexibility index (Phi) is 6.83. The highest BCUT2D eigenvalue weighted by Crippen LogP contribution is 2.41. The molecular weight excluding hydrogens is 348 g/mol. The van der Waals surface area contributed by atoms with Crippen molar-refractivity contribution in [3.8, 4) is 0 Å². The normalized spacial score (nSPS) is 23.7. The molecule has 2 amide bonds. The number of esters is 1. The maximum absolute atomic E-state index is 13.1. The van der Waals surface area contributed by atoms with Crippen LogP contribution in [0.25, 0.3) is 0 Å². The first kappa shape index (κ1) is 19.1. The van der Waals surface area contributed by atoms with Gasteiger partial charge < -0.3 is 10.1 Å². The smallest absolute Gasteiger partial charge is 0.329 e. The molecule has 26 heavy (non-hydrogen) atoms. The molecule has 1 aromatic carbocycles. The predicted molar refractivity (Wildman–Crippen MR) is 105 cm³/mol. The van der Waals surface area contributed by atoms with E-state index in [9.17, 15) is 9.59 Å². The van der Waals surface area contributed by atoms with Crippen LogP contribution in [0.3, 0.4) is 0 Å². The Morgan fingerprint density at radius 2 is 1.92 bits per heavy atom. The summed E-state index contributed by atoms with van der Waals surface area (Å²) in [6.07, 6.45) is 6.73. The van der Waals surface area contributed by atoms with Gasteiger partial charge in [-0.3, -0.25) is 4.90 Å². The lowest BCUT2D eigenvalue weighted by atomic mass is 9.88. The standard InChI is InChI=1S/C20H28N2O3S/c1-2-13-25-19(23)17-14-26-18(15-9-5-3-6-10-15)22(17)20(24)21-16-11-7-4-8-12-16/h4,7-8,11-12,15,17-18H,2-3,5-6,9-10,13-14H2,1H3,(H,21,24). The van der Waals surface area contributed by atoms with Gasteiger partial charge in [-0.1, -0.05) is 44.4 Å². The molecule has 1 N–H and O–H groups in total. The van der Waals surface area contributed by atoms with Crippen LogP contribution in [0.4, 0.5) is 10.5 Å². The summed E-state index contributed by atoms with van der Waals surface area (Å²) >= 11 is 1.73. The van der Waals surface area contributed by atoms with Gasteiger partial charge in [-0.25, -0.2) is 9.59 Å². The van der Waals surface area contributed by atoms with Crippen molar-refractivity contribution in [3.63, 3.8) is 0 Å². The Labute approximate surface area is 159 Å². The van der Waals surface area contributed by atoms with Crippen LogP contribution < -0.4 is 5.32 Å². The van der Waals surface area contributed by atoms with Crippen molar-refractivity contribution in [1.29, 1.82) is 0 Å². The van der Waals surface area contributed by atoms with E-state index in [1.165, 1.54) is 19.3 Å². The molecule has 1 saturated carbocycles. The fourth-order valence-electron chi connectivity index (χ4n) is 3.76. The molecule has 0 aromatic heterocycles. The number of thioether (sulfide) groups is 1. The molecule has 0 spiro atoms. The lowest BCUT2D eigenvalue weighted by Crippen LogP contribution is -2.50. The number of carbonyl (C=O) groups is 2. The highest BCUT2D eigenvalue weighted by atomic mass is 32.2. The number of ether oxygens (including phenoxy) is 1. The van der Waals surface area contributed by atoms with Crippen LogP contribution in [0.2, 0.25) is 0 Å². The molecule has 1 saturated heterocycles. The zero-order chi connectivity index (χ0) is 18.4. The summed E-state index contributed by atoms with van der Waals surface area (Å²) in [4.78, 5) is 27.3. The van der Waals surface area contributed by atoms with Gasteiger partial charge >= 0.3 is 12.0 Å². The SMILES string of the molecule is CCCOC(=O)C1CSC(C2CCCCC2)N1C(=O)Nc1ccccc1. The van der Waals surface area contributed by atoms with Gasteiger partial charge in [0.1, 0.15) is 6.04 Å². The third-order valence-corrected chi connectivity index (χ3v) is 6.53. The Bertz CT molecular complexity index is 604. The zero-order valence-electron chi connectivity index (χ0n) is 15.4. The molecule has 5 nitrogen and oxygen atoms in total. The second-order valence-corrected chi connectivity index (χ2v) is 8.16. The van der Waals surface area contributed by atoms with Crippen LogP contribution in [0.15, 0.2) is 30.3 Å². The average Bonchev–Trinajstić information content (AvgIpc) is 3.13. The van der Waals surface area contributed by atoms with Gasteiger partial charge in [0.2, 0.25) is 0 Å². The van der Waals surface area contributed by atoms with Crippen molar-refractivity contribution >= 4 is 29.4 Å². The van der Waals surface area contributed by atoms with Crippen LogP contribution in [0.5, 0.6) is 0 Å². The molecule has 3 rings (SSSR count). The van der Waals surface area contributed by atoms with Crippen LogP contribution in [-0.4, -0.2) is 40.7 Å². The molecule has 0 bridgehead atoms. The van der Waals surface area contributed by atoms with E-state index in [-0.39, 0.29) is 17.4 Å². The highest BCUT2D eigenvalue weighted by Gasteiger charge is 2.45. The summed E-state index contributed by atoms with van der Waals surface area (Å²) in [5, 5.41) is 3.01. The number of rotatable bonds is 5. The number of hydrogen-bond acceptors (Lipinski definition) is 4. The number of hydrogen-bond donors (Lipinski definition) is 1. The third kappa shape index (κ3) is 4.53. The fourth-order valence-corrected chi connectivity index (χ4v) is 5.38. The Hall–Kier alpha value is -1.69. The molecule has 2 fully saturated rings. The number of amides is 2. The molecule has 0 radical (unpaired) electrons. The van der Waals surface area contributed by atoms with E-state index >= 15 is 0 Å². The second kappa shape index (κ2) is 9.31. The maximum atomic E-state index is 13.1. The highest BCUT2D eigenvalue weighted by molar-refractivity contribution is 8.00. The van der Waals surface area contributed by atoms with Crippen molar-refractivity contribution in [2.24, 2.45) is 5.92 Å². The topological polar surface area (TPSA) is 58.6 Å². The summed E-state index contributed by atoms with van der Waals surface area (Å²) in [7, 11) is 0. The van der Waals surface area contributed by atoms with E-state index in [2.05, 4.69) is 5.32 Å². The van der Waals surface area contributed by atoms with Crippen molar-refractivity contribution in [2.45, 2.75) is 56.9 Å². The minimum Gasteiger partial charge on any atom is -0.464 e. The van der Waals surface area contributed by atoms with Crippen LogP contribution >= 0.6 is 11.8 Å². The number of urea groups is 1. The Balaban J connectivity index is 1.76. The first-order valence-electron chi connectivity index (χ1n) is 9.63. The summed E-state index contributed by atoms with van der Waals surface area (Å²) < 4.78 is 5.37. The van der Waals surface area contributed by atoms with Gasteiger partial charge in [-0.2, -0.15) is 0 Å². The van der Waals surface area contributed by atoms with Crippen molar-refractivity contribution in [1.82, 2.24) is 4.90 Å². The lowest BCUT2D eigenvalue weighted by Gasteiger charge is -2.35. The van der Waals surface area contributed by atoms with Gasteiger partial charge in [0.15, 0.2) is 0 Å². The van der Waals surface area contributed by atoms with E-state index in [1.54, 1.807) is 16.7 Å². The molecule has 2 unspecified atom stereocenters. The van der Waals surface area contributed by atoms with E-state index < -0.39 is 6.04 Å². The third-order valence-electron chi connectivity index (χ3n) is 5.07. The number of nitrogens with zero attached hydrogens (tertiary/aromatic N) is 1. The maximum Gasteiger partial charge on any atom is 0.329 e. The average molecular weight is 377 g/mol. The molecular formula is C20H28N2O3S. The minimum absolute atomic E-state index is 0.0539. The fraction of sp³-hybridized carbons (Fsp3) is 0.600. The second-order valence-electron chi connectivity index (χ2n) is 7.01. The van der Waals surface area contributed by atoms with E-state index in [4.69, 9.17) is 4.74 Å². The van der Waals surface area contributed by atoms with Crippen LogP contribution in [0.1, 0.15) is 45.4 Å². The number of nitrogens with one attached hydrogen (secondary N) is 1. The number of anilines is 1. The van der Waals surface area contributed by atoms with E-state index in [1.807, 2.05) is 37.3 Å². The number of carbonyl (C=O) groups excluding carboxylic acids is 2. The molecule has 6 heteroatoms. The van der Waals surface area contributed by atoms with Crippen LogP contribution in [0, 0.1) is 5.92 Å². The predicted octanol–water partition coefficient (Wildman–Crippen LogP) is 4.50. The molecule has 2 aliphatic rings. The minimum atomic E-state index is -0.498. The van der Waals surface area contributed by atoms with Gasteiger partial charge in [-0.05, 0) is 37.3 Å². The largest absolute Gasteiger partial charge is 0.464 e. The van der Waals surface area contributed by atoms with Gasteiger partial charge in [0.25, 0.3) is 0 Å². The summed E-state index contributed by atoms with van der Waals surface area (Å²) in [6.45, 7) is 2.38. The number of para-hydroxylation sites is 1. The summed E-state index contributed by atoms with van der Waals surface area (Å²) in [6, 6.07) is 8.72. The summed E-state index contributed by atoms with van der Waals surface area (Å²) in [5.74, 6) is 0.798. The monoisotopic (exact) mass is 376 g/mol. The molecule has 1 aliphatic carbocycles. The van der Waals surface area contributed by atoms with E-state index in [0.29, 0.717) is 18.3 Å². The zero-order valence-corrected chi connectivity index (χ0v) is 16.2. The number of benzene rings is 1. The van der Waals surface area contributed by atoms with Gasteiger partial charge in [-0.15, -0.1) is 11.8 Å².